The fraction of sp³-hybridized carbons (Fsp3) is 1.00. The Bertz CT molecular complexity index is 129. The zero-order valence-corrected chi connectivity index (χ0v) is 7.16. The minimum absolute atomic E-state index is 0. The third kappa shape index (κ3) is 4.53. The molecule has 0 aliphatic carbocycles. The molecule has 3 N–H and O–H groups in total. The molecule has 0 saturated carbocycles. The van der Waals surface area contributed by atoms with Crippen molar-refractivity contribution in [1.29, 1.82) is 0 Å². The second-order valence-electron chi connectivity index (χ2n) is 1.95. The van der Waals surface area contributed by atoms with Gasteiger partial charge >= 0.3 is 0 Å². The first-order valence-electron chi connectivity index (χ1n) is 2.13. The number of rotatable bonds is 2. The maximum atomic E-state index is 11.1. The van der Waals surface area contributed by atoms with Crippen LogP contribution in [0.15, 0.2) is 0 Å². The smallest absolute Gasteiger partial charge is 0.0812 e. The first kappa shape index (κ1) is 11.8. The van der Waals surface area contributed by atoms with E-state index >= 15 is 0 Å². The standard InChI is InChI=1S/C4H12O3S.H3N/c1-6-8(3,4,5)7-2;/h1-4H3;1H3. The van der Waals surface area contributed by atoms with E-state index in [1.54, 1.807) is 0 Å². The van der Waals surface area contributed by atoms with Crippen molar-refractivity contribution in [1.82, 2.24) is 6.15 Å². The van der Waals surface area contributed by atoms with E-state index in [9.17, 15) is 4.21 Å². The van der Waals surface area contributed by atoms with Crippen molar-refractivity contribution >= 4 is 9.63 Å². The van der Waals surface area contributed by atoms with Crippen LogP contribution >= 0.6 is 0 Å². The lowest BCUT2D eigenvalue weighted by Gasteiger charge is -2.29. The quantitative estimate of drug-likeness (QED) is 0.628. The summed E-state index contributed by atoms with van der Waals surface area (Å²) in [6, 6.07) is 0. The molecule has 0 aromatic rings. The van der Waals surface area contributed by atoms with Gasteiger partial charge in [0, 0.05) is 12.5 Å². The highest BCUT2D eigenvalue weighted by Gasteiger charge is 2.20. The van der Waals surface area contributed by atoms with Crippen LogP contribution in [0.25, 0.3) is 0 Å². The zero-order valence-electron chi connectivity index (χ0n) is 6.34. The Morgan fingerprint density at radius 1 is 1.11 bits per heavy atom. The summed E-state index contributed by atoms with van der Waals surface area (Å²) in [5.74, 6) is 0. The minimum atomic E-state index is -3.13. The molecule has 0 bridgehead atoms. The molecule has 0 unspecified atom stereocenters. The summed E-state index contributed by atoms with van der Waals surface area (Å²) >= 11 is 0. The molecular formula is C4H15NO3S. The molecule has 0 aromatic carbocycles. The highest BCUT2D eigenvalue weighted by molar-refractivity contribution is 8.10. The molecular weight excluding hydrogens is 142 g/mol. The van der Waals surface area contributed by atoms with Gasteiger partial charge in [-0.1, -0.05) is 0 Å². The zero-order chi connectivity index (χ0) is 6.86. The lowest BCUT2D eigenvalue weighted by Crippen LogP contribution is -2.32. The van der Waals surface area contributed by atoms with Gasteiger partial charge in [-0.05, 0) is 0 Å². The molecule has 0 radical (unpaired) electrons. The van der Waals surface area contributed by atoms with E-state index in [4.69, 9.17) is 0 Å². The van der Waals surface area contributed by atoms with Crippen molar-refractivity contribution in [3.8, 4) is 0 Å². The molecule has 0 aliphatic rings. The maximum absolute atomic E-state index is 11.1. The molecule has 0 atom stereocenters. The predicted octanol–water partition coefficient (Wildman–Crippen LogP) is 0.351. The Labute approximate surface area is 55.9 Å². The van der Waals surface area contributed by atoms with E-state index in [-0.39, 0.29) is 6.15 Å². The van der Waals surface area contributed by atoms with Crippen molar-refractivity contribution in [3.05, 3.63) is 0 Å². The van der Waals surface area contributed by atoms with E-state index in [0.717, 1.165) is 0 Å². The summed E-state index contributed by atoms with van der Waals surface area (Å²) in [5.41, 5.74) is 0. The second kappa shape index (κ2) is 2.74. The molecule has 5 heteroatoms. The van der Waals surface area contributed by atoms with Gasteiger partial charge in [0.05, 0.1) is 23.8 Å². The topological polar surface area (TPSA) is 70.5 Å². The number of hydrogen-bond acceptors (Lipinski definition) is 4. The molecule has 0 amide bonds. The van der Waals surface area contributed by atoms with Gasteiger partial charge in [-0.15, -0.1) is 0 Å². The van der Waals surface area contributed by atoms with E-state index in [1.807, 2.05) is 0 Å². The largest absolute Gasteiger partial charge is 0.344 e. The normalized spacial score (nSPS) is 15.3. The third-order valence-electron chi connectivity index (χ3n) is 0.939. The molecule has 9 heavy (non-hydrogen) atoms. The van der Waals surface area contributed by atoms with E-state index < -0.39 is 9.63 Å². The predicted molar refractivity (Wildman–Crippen MR) is 39.0 cm³/mol. The molecule has 0 aliphatic heterocycles. The summed E-state index contributed by atoms with van der Waals surface area (Å²) in [6.07, 6.45) is 2.86. The molecule has 0 aromatic heterocycles. The highest BCUT2D eigenvalue weighted by Crippen LogP contribution is 2.16. The first-order valence-corrected chi connectivity index (χ1v) is 4.77. The van der Waals surface area contributed by atoms with Crippen LogP contribution in [0, 0.1) is 0 Å². The van der Waals surface area contributed by atoms with Crippen molar-refractivity contribution in [3.63, 3.8) is 0 Å². The van der Waals surface area contributed by atoms with Crippen LogP contribution in [0.3, 0.4) is 0 Å². The van der Waals surface area contributed by atoms with Crippen LogP contribution in [-0.4, -0.2) is 30.9 Å². The lowest BCUT2D eigenvalue weighted by molar-refractivity contribution is 0.296. The van der Waals surface area contributed by atoms with Gasteiger partial charge in [0.2, 0.25) is 0 Å². The molecule has 0 saturated heterocycles. The number of hydrogen-bond donors (Lipinski definition) is 1. The Balaban J connectivity index is 0. The van der Waals surface area contributed by atoms with Crippen LogP contribution in [0.4, 0.5) is 0 Å². The van der Waals surface area contributed by atoms with Gasteiger partial charge < -0.3 is 6.15 Å². The van der Waals surface area contributed by atoms with E-state index in [1.165, 1.54) is 26.7 Å². The van der Waals surface area contributed by atoms with Gasteiger partial charge in [-0.2, -0.15) is 0 Å². The van der Waals surface area contributed by atoms with Gasteiger partial charge in [0.1, 0.15) is 0 Å². The highest BCUT2D eigenvalue weighted by atomic mass is 32.3. The fourth-order valence-electron chi connectivity index (χ4n) is 0.0680. The van der Waals surface area contributed by atoms with Crippen LogP contribution in [0.1, 0.15) is 0 Å². The summed E-state index contributed by atoms with van der Waals surface area (Å²) in [6.45, 7) is 0. The van der Waals surface area contributed by atoms with Crippen molar-refractivity contribution < 1.29 is 12.6 Å². The Morgan fingerprint density at radius 2 is 1.33 bits per heavy atom. The van der Waals surface area contributed by atoms with Crippen molar-refractivity contribution in [2.24, 2.45) is 0 Å². The van der Waals surface area contributed by atoms with Crippen LogP contribution < -0.4 is 6.15 Å². The average molecular weight is 157 g/mol. The average Bonchev–Trinajstić information content (AvgIpc) is 1.68. The summed E-state index contributed by atoms with van der Waals surface area (Å²) < 4.78 is 20.3. The van der Waals surface area contributed by atoms with E-state index in [2.05, 4.69) is 8.37 Å². The fourth-order valence-corrected chi connectivity index (χ4v) is 0.204. The monoisotopic (exact) mass is 157 g/mol. The van der Waals surface area contributed by atoms with Gasteiger partial charge in [-0.25, -0.2) is 4.21 Å². The molecule has 0 heterocycles. The van der Waals surface area contributed by atoms with Gasteiger partial charge in [-0.3, -0.25) is 8.37 Å². The second-order valence-corrected chi connectivity index (χ2v) is 5.84. The van der Waals surface area contributed by atoms with Crippen molar-refractivity contribution in [2.75, 3.05) is 26.7 Å². The SMILES string of the molecule is COS(C)(C)(=O)OC.N. The van der Waals surface area contributed by atoms with Crippen LogP contribution in [-0.2, 0) is 18.0 Å². The molecule has 4 nitrogen and oxygen atoms in total. The summed E-state index contributed by atoms with van der Waals surface area (Å²) in [7, 11) is -0.412. The third-order valence-corrected chi connectivity index (χ3v) is 2.82. The Hall–Kier alpha value is 0.0300. The van der Waals surface area contributed by atoms with Gasteiger partial charge in [0.15, 0.2) is 0 Å². The lowest BCUT2D eigenvalue weighted by atomic mass is 11.8. The van der Waals surface area contributed by atoms with Crippen LogP contribution in [0.2, 0.25) is 0 Å². The molecule has 0 fully saturated rings. The molecule has 60 valence electrons. The minimum Gasteiger partial charge on any atom is -0.344 e. The first-order chi connectivity index (χ1) is 3.39. The summed E-state index contributed by atoms with van der Waals surface area (Å²) in [5, 5.41) is 0. The Morgan fingerprint density at radius 3 is 1.33 bits per heavy atom. The molecule has 0 rings (SSSR count). The maximum Gasteiger partial charge on any atom is 0.0812 e. The molecule has 0 spiro atoms. The van der Waals surface area contributed by atoms with Gasteiger partial charge in [0.25, 0.3) is 0 Å². The summed E-state index contributed by atoms with van der Waals surface area (Å²) in [4.78, 5) is 0. The van der Waals surface area contributed by atoms with E-state index in [0.29, 0.717) is 0 Å². The Kier molecular flexibility index (Phi) is 3.59. The van der Waals surface area contributed by atoms with Crippen LogP contribution in [0.5, 0.6) is 0 Å². The van der Waals surface area contributed by atoms with Crippen molar-refractivity contribution in [2.45, 2.75) is 0 Å².